The van der Waals surface area contributed by atoms with Crippen LogP contribution >= 0.6 is 0 Å². The number of methoxy groups -OCH3 is 2. The summed E-state index contributed by atoms with van der Waals surface area (Å²) in [6.45, 7) is 3.96. The Morgan fingerprint density at radius 2 is 1.85 bits per heavy atom. The summed E-state index contributed by atoms with van der Waals surface area (Å²) in [7, 11) is 4.58. The lowest BCUT2D eigenvalue weighted by Crippen LogP contribution is -2.51. The number of benzene rings is 2. The normalized spacial score (nSPS) is 28.8. The number of allylic oxidation sites excluding steroid dienone is 1. The number of carbonyl (C=O) groups excluding carboxylic acids is 2. The number of anilines is 1. The molecular weight excluding hydrogens is 500 g/mol. The fourth-order valence-corrected chi connectivity index (χ4v) is 6.95. The molecule has 4 aliphatic heterocycles. The first-order valence-electron chi connectivity index (χ1n) is 13.1. The maximum Gasteiger partial charge on any atom is 0.308 e. The first-order chi connectivity index (χ1) is 18.8. The summed E-state index contributed by atoms with van der Waals surface area (Å²) >= 11 is 0. The van der Waals surface area contributed by atoms with Gasteiger partial charge in [-0.1, -0.05) is 18.2 Å². The highest BCUT2D eigenvalue weighted by atomic mass is 16.7. The smallest absolute Gasteiger partial charge is 0.308 e. The number of aliphatic imine (C=N–C) groups is 1. The molecule has 1 saturated carbocycles. The van der Waals surface area contributed by atoms with Crippen LogP contribution in [-0.4, -0.2) is 57.7 Å². The predicted octanol–water partition coefficient (Wildman–Crippen LogP) is 4.13. The van der Waals surface area contributed by atoms with E-state index in [2.05, 4.69) is 6.92 Å². The molecule has 0 aromatic heterocycles. The number of fused-ring (bicyclic) bond motifs is 2. The summed E-state index contributed by atoms with van der Waals surface area (Å²) in [4.78, 5) is 36.2. The Kier molecular flexibility index (Phi) is 6.23. The van der Waals surface area contributed by atoms with Gasteiger partial charge in [0.15, 0.2) is 11.5 Å². The predicted molar refractivity (Wildman–Crippen MR) is 144 cm³/mol. The maximum atomic E-state index is 13.9. The number of rotatable bonds is 6. The number of para-hydroxylation sites is 1. The van der Waals surface area contributed by atoms with Crippen LogP contribution in [0.1, 0.15) is 37.8 Å². The van der Waals surface area contributed by atoms with Crippen LogP contribution in [0.4, 0.5) is 5.69 Å². The average Bonchev–Trinajstić information content (AvgIpc) is 3.29. The minimum Gasteiger partial charge on any atom is -0.493 e. The van der Waals surface area contributed by atoms with Crippen LogP contribution in [0.2, 0.25) is 0 Å². The Bertz CT molecular complexity index is 1390. The van der Waals surface area contributed by atoms with Crippen LogP contribution in [0.3, 0.4) is 0 Å². The lowest BCUT2D eigenvalue weighted by molar-refractivity contribution is -0.137. The molecule has 1 spiro atoms. The Morgan fingerprint density at radius 1 is 1.13 bits per heavy atom. The van der Waals surface area contributed by atoms with Gasteiger partial charge in [0.2, 0.25) is 5.75 Å². The second kappa shape index (κ2) is 9.50. The molecule has 9 nitrogen and oxygen atoms in total. The number of hydrogen-bond acceptors (Lipinski definition) is 8. The van der Waals surface area contributed by atoms with Crippen LogP contribution in [0.5, 0.6) is 17.2 Å². The van der Waals surface area contributed by atoms with Crippen molar-refractivity contribution in [3.8, 4) is 17.2 Å². The third-order valence-corrected chi connectivity index (χ3v) is 8.57. The van der Waals surface area contributed by atoms with Crippen molar-refractivity contribution in [1.29, 1.82) is 0 Å². The van der Waals surface area contributed by atoms with E-state index in [1.54, 1.807) is 0 Å². The van der Waals surface area contributed by atoms with Gasteiger partial charge in [-0.25, -0.2) is 0 Å². The quantitative estimate of drug-likeness (QED) is 0.408. The summed E-state index contributed by atoms with van der Waals surface area (Å²) in [5.41, 5.74) is 3.87. The third kappa shape index (κ3) is 3.78. The fourth-order valence-electron chi connectivity index (χ4n) is 6.95. The highest BCUT2D eigenvalue weighted by Gasteiger charge is 2.64. The molecule has 2 aromatic rings. The van der Waals surface area contributed by atoms with Crippen molar-refractivity contribution < 1.29 is 33.4 Å². The zero-order chi connectivity index (χ0) is 27.5. The van der Waals surface area contributed by atoms with Crippen molar-refractivity contribution >= 4 is 29.4 Å². The molecule has 7 rings (SSSR count). The number of hydrogen-bond donors (Lipinski definition) is 0. The molecule has 2 saturated heterocycles. The second-order valence-corrected chi connectivity index (χ2v) is 10.6. The van der Waals surface area contributed by atoms with Crippen LogP contribution in [0.25, 0.3) is 6.08 Å². The fraction of sp³-hybridized carbons (Fsp3) is 0.433. The van der Waals surface area contributed by atoms with Gasteiger partial charge in [0.25, 0.3) is 5.91 Å². The topological polar surface area (TPSA) is 95.9 Å². The Hall–Kier alpha value is -3.69. The van der Waals surface area contributed by atoms with Gasteiger partial charge in [0, 0.05) is 24.5 Å². The average molecular weight is 533 g/mol. The second-order valence-electron chi connectivity index (χ2n) is 10.6. The van der Waals surface area contributed by atoms with E-state index in [1.165, 1.54) is 33.3 Å². The van der Waals surface area contributed by atoms with Crippen molar-refractivity contribution in [2.45, 2.75) is 44.2 Å². The van der Waals surface area contributed by atoms with Crippen molar-refractivity contribution in [2.75, 3.05) is 33.0 Å². The van der Waals surface area contributed by atoms with E-state index in [9.17, 15) is 9.59 Å². The minimum atomic E-state index is -0.805. The van der Waals surface area contributed by atoms with E-state index in [0.29, 0.717) is 30.9 Å². The van der Waals surface area contributed by atoms with E-state index in [-0.39, 0.29) is 35.6 Å². The Labute approximate surface area is 227 Å². The molecule has 39 heavy (non-hydrogen) atoms. The summed E-state index contributed by atoms with van der Waals surface area (Å²) in [6, 6.07) is 11.4. The molecule has 204 valence electrons. The van der Waals surface area contributed by atoms with Gasteiger partial charge < -0.3 is 18.9 Å². The summed E-state index contributed by atoms with van der Waals surface area (Å²) in [6.07, 6.45) is 3.08. The number of hydroxylamine groups is 1. The van der Waals surface area contributed by atoms with Gasteiger partial charge in [-0.05, 0) is 60.7 Å². The molecule has 3 fully saturated rings. The van der Waals surface area contributed by atoms with Crippen molar-refractivity contribution in [3.05, 3.63) is 53.1 Å². The molecule has 2 unspecified atom stereocenters. The lowest BCUT2D eigenvalue weighted by Gasteiger charge is -2.38. The molecule has 2 aromatic carbocycles. The molecule has 9 heteroatoms. The van der Waals surface area contributed by atoms with E-state index in [1.807, 2.05) is 42.5 Å². The van der Waals surface area contributed by atoms with Crippen molar-refractivity contribution in [3.63, 3.8) is 0 Å². The highest BCUT2D eigenvalue weighted by molar-refractivity contribution is 6.09. The maximum absolute atomic E-state index is 13.9. The molecule has 5 atom stereocenters. The minimum absolute atomic E-state index is 0.0370. The Morgan fingerprint density at radius 3 is 2.51 bits per heavy atom. The zero-order valence-electron chi connectivity index (χ0n) is 22.7. The molecule has 1 aliphatic carbocycles. The summed E-state index contributed by atoms with van der Waals surface area (Å²) < 4.78 is 22.7. The lowest BCUT2D eigenvalue weighted by atomic mass is 9.71. The molecule has 0 radical (unpaired) electrons. The SMILES string of the molecule is COc1cc(/C=C(\C)C2=N[C@H]3C[C@@]4(C(=O)N(OC)c5ccccc54)[C@H]4CC2C3CO4)cc(OC)c1OC(C)=O. The largest absolute Gasteiger partial charge is 0.493 e. The summed E-state index contributed by atoms with van der Waals surface area (Å²) in [5.74, 6) is 0.934. The molecular formula is C30H32N2O7. The number of ether oxygens (including phenoxy) is 4. The number of nitrogens with zero attached hydrogens (tertiary/aromatic N) is 2. The van der Waals surface area contributed by atoms with Gasteiger partial charge in [0.05, 0.1) is 45.8 Å². The van der Waals surface area contributed by atoms with Crippen molar-refractivity contribution in [2.24, 2.45) is 16.8 Å². The van der Waals surface area contributed by atoms with Crippen LogP contribution < -0.4 is 19.3 Å². The van der Waals surface area contributed by atoms with Crippen LogP contribution in [0.15, 0.2) is 47.0 Å². The molecule has 4 heterocycles. The van der Waals surface area contributed by atoms with Crippen molar-refractivity contribution in [1.82, 2.24) is 0 Å². The molecule has 4 bridgehead atoms. The van der Waals surface area contributed by atoms with Crippen LogP contribution in [-0.2, 0) is 24.6 Å². The van der Waals surface area contributed by atoms with Crippen LogP contribution in [0, 0.1) is 11.8 Å². The molecule has 1 amide bonds. The highest BCUT2D eigenvalue weighted by Crippen LogP contribution is 2.57. The van der Waals surface area contributed by atoms with Gasteiger partial charge in [0.1, 0.15) is 5.41 Å². The van der Waals surface area contributed by atoms with E-state index < -0.39 is 11.4 Å². The summed E-state index contributed by atoms with van der Waals surface area (Å²) in [5, 5.41) is 1.42. The van der Waals surface area contributed by atoms with Gasteiger partial charge in [-0.3, -0.25) is 19.4 Å². The van der Waals surface area contributed by atoms with Gasteiger partial charge >= 0.3 is 5.97 Å². The first kappa shape index (κ1) is 25.6. The van der Waals surface area contributed by atoms with E-state index >= 15 is 0 Å². The van der Waals surface area contributed by atoms with Gasteiger partial charge in [-0.15, -0.1) is 0 Å². The number of esters is 1. The van der Waals surface area contributed by atoms with E-state index in [0.717, 1.165) is 28.1 Å². The third-order valence-electron chi connectivity index (χ3n) is 8.57. The van der Waals surface area contributed by atoms with E-state index in [4.69, 9.17) is 28.8 Å². The van der Waals surface area contributed by atoms with Gasteiger partial charge in [-0.2, -0.15) is 5.06 Å². The number of carbonyl (C=O) groups is 2. The standard InChI is InChI=1S/C30H32N2O7/c1-16(10-18-11-24(35-3)28(39-17(2)33)25(12-18)36-4)27-19-13-26-30(14-22(31-27)20(19)15-38-26)21-8-6-7-9-23(21)32(37-5)29(30)34/h6-12,19-20,22,26H,13-15H2,1-5H3/b16-10+/t19?,20?,22-,26+,30-/m0/s1. The molecule has 0 N–H and O–H groups in total. The molecule has 5 aliphatic rings. The zero-order valence-corrected chi connectivity index (χ0v) is 22.7. The Balaban J connectivity index is 1.36. The first-order valence-corrected chi connectivity index (χ1v) is 13.1. The monoisotopic (exact) mass is 532 g/mol. The number of amides is 1.